The molecular weight excluding hydrogens is 397 g/mol. The molecule has 0 heterocycles. The van der Waals surface area contributed by atoms with Gasteiger partial charge < -0.3 is 0 Å². The first-order valence-electron chi connectivity index (χ1n) is 7.50. The quantitative estimate of drug-likeness (QED) is 0.583. The number of carbonyl (C=O) groups excluding carboxylic acids is 1. The SMILES string of the molecule is Cc1ccc(S(=O)(=O)N(C)CC(=O)N/N=C\c2ccc(Cl)cc2Cl)cc1. The predicted molar refractivity (Wildman–Crippen MR) is 103 cm³/mol. The molecule has 0 saturated carbocycles. The van der Waals surface area contributed by atoms with Crippen molar-refractivity contribution in [3.8, 4) is 0 Å². The van der Waals surface area contributed by atoms with Gasteiger partial charge in [-0.25, -0.2) is 13.8 Å². The van der Waals surface area contributed by atoms with Crippen LogP contribution in [0, 0.1) is 6.92 Å². The minimum absolute atomic E-state index is 0.120. The Bertz CT molecular complexity index is 929. The topological polar surface area (TPSA) is 78.8 Å². The standard InChI is InChI=1S/C17H17Cl2N3O3S/c1-12-3-7-15(8-4-12)26(24,25)22(2)11-17(23)21-20-10-13-5-6-14(18)9-16(13)19/h3-10H,11H2,1-2H3,(H,21,23)/b20-10-. The maximum Gasteiger partial charge on any atom is 0.255 e. The summed E-state index contributed by atoms with van der Waals surface area (Å²) in [6, 6.07) is 11.2. The molecule has 2 aromatic rings. The second-order valence-electron chi connectivity index (χ2n) is 5.53. The molecule has 0 aliphatic rings. The number of hydrazone groups is 1. The Hall–Kier alpha value is -1.93. The first-order chi connectivity index (χ1) is 12.2. The van der Waals surface area contributed by atoms with Crippen molar-refractivity contribution < 1.29 is 13.2 Å². The number of nitrogens with one attached hydrogen (secondary N) is 1. The summed E-state index contributed by atoms with van der Waals surface area (Å²) in [5.41, 5.74) is 3.78. The molecule has 0 bridgehead atoms. The van der Waals surface area contributed by atoms with Crippen LogP contribution in [0.3, 0.4) is 0 Å². The Balaban J connectivity index is 1.98. The van der Waals surface area contributed by atoms with Crippen LogP contribution < -0.4 is 5.43 Å². The molecule has 9 heteroatoms. The number of rotatable bonds is 6. The van der Waals surface area contributed by atoms with Crippen molar-refractivity contribution in [2.75, 3.05) is 13.6 Å². The number of benzene rings is 2. The van der Waals surface area contributed by atoms with Crippen LogP contribution in [-0.2, 0) is 14.8 Å². The van der Waals surface area contributed by atoms with Gasteiger partial charge in [0.15, 0.2) is 0 Å². The zero-order valence-corrected chi connectivity index (χ0v) is 16.4. The van der Waals surface area contributed by atoms with Gasteiger partial charge in [-0.2, -0.15) is 9.41 Å². The van der Waals surface area contributed by atoms with Crippen molar-refractivity contribution in [1.82, 2.24) is 9.73 Å². The largest absolute Gasteiger partial charge is 0.272 e. The van der Waals surface area contributed by atoms with Gasteiger partial charge in [0.1, 0.15) is 0 Å². The first-order valence-corrected chi connectivity index (χ1v) is 9.69. The maximum atomic E-state index is 12.4. The van der Waals surface area contributed by atoms with Gasteiger partial charge in [-0.1, -0.05) is 47.0 Å². The van der Waals surface area contributed by atoms with Crippen LogP contribution in [0.15, 0.2) is 52.5 Å². The number of carbonyl (C=O) groups is 1. The third-order valence-electron chi connectivity index (χ3n) is 3.45. The van der Waals surface area contributed by atoms with Crippen LogP contribution in [0.5, 0.6) is 0 Å². The highest BCUT2D eigenvalue weighted by molar-refractivity contribution is 7.89. The minimum Gasteiger partial charge on any atom is -0.272 e. The molecule has 1 amide bonds. The van der Waals surface area contributed by atoms with E-state index in [1.807, 2.05) is 6.92 Å². The van der Waals surface area contributed by atoms with E-state index in [9.17, 15) is 13.2 Å². The highest BCUT2D eigenvalue weighted by atomic mass is 35.5. The molecule has 1 N–H and O–H groups in total. The van der Waals surface area contributed by atoms with E-state index in [1.165, 1.54) is 25.4 Å². The Morgan fingerprint density at radius 3 is 2.46 bits per heavy atom. The van der Waals surface area contributed by atoms with Gasteiger partial charge in [-0.05, 0) is 31.2 Å². The zero-order valence-electron chi connectivity index (χ0n) is 14.1. The number of halogens is 2. The van der Waals surface area contributed by atoms with Crippen LogP contribution in [0.1, 0.15) is 11.1 Å². The fourth-order valence-corrected chi connectivity index (χ4v) is 3.58. The summed E-state index contributed by atoms with van der Waals surface area (Å²) in [6.45, 7) is 1.49. The highest BCUT2D eigenvalue weighted by Crippen LogP contribution is 2.19. The molecule has 0 radical (unpaired) electrons. The van der Waals surface area contributed by atoms with Crippen molar-refractivity contribution in [2.24, 2.45) is 5.10 Å². The molecule has 0 fully saturated rings. The van der Waals surface area contributed by atoms with Crippen molar-refractivity contribution in [3.63, 3.8) is 0 Å². The Morgan fingerprint density at radius 2 is 1.85 bits per heavy atom. The van der Waals surface area contributed by atoms with E-state index in [-0.39, 0.29) is 11.4 Å². The summed E-state index contributed by atoms with van der Waals surface area (Å²) >= 11 is 11.8. The molecule has 0 saturated heterocycles. The fourth-order valence-electron chi connectivity index (χ4n) is 1.99. The molecule has 2 rings (SSSR count). The number of likely N-dealkylation sites (N-methyl/N-ethyl adjacent to an activating group) is 1. The van der Waals surface area contributed by atoms with Gasteiger partial charge >= 0.3 is 0 Å². The van der Waals surface area contributed by atoms with Crippen LogP contribution >= 0.6 is 23.2 Å². The normalized spacial score (nSPS) is 11.9. The molecule has 0 unspecified atom stereocenters. The molecule has 26 heavy (non-hydrogen) atoms. The lowest BCUT2D eigenvalue weighted by Crippen LogP contribution is -2.36. The molecule has 0 atom stereocenters. The Morgan fingerprint density at radius 1 is 1.19 bits per heavy atom. The van der Waals surface area contributed by atoms with Gasteiger partial charge in [-0.15, -0.1) is 0 Å². The first kappa shape index (κ1) is 20.4. The lowest BCUT2D eigenvalue weighted by Gasteiger charge is -2.16. The maximum absolute atomic E-state index is 12.4. The van der Waals surface area contributed by atoms with E-state index in [2.05, 4.69) is 10.5 Å². The van der Waals surface area contributed by atoms with Crippen molar-refractivity contribution in [3.05, 3.63) is 63.6 Å². The lowest BCUT2D eigenvalue weighted by atomic mass is 10.2. The summed E-state index contributed by atoms with van der Waals surface area (Å²) in [4.78, 5) is 12.0. The predicted octanol–water partition coefficient (Wildman–Crippen LogP) is 3.07. The molecule has 138 valence electrons. The molecule has 0 aromatic heterocycles. The fraction of sp³-hybridized carbons (Fsp3) is 0.176. The summed E-state index contributed by atoms with van der Waals surface area (Å²) < 4.78 is 25.8. The molecule has 0 spiro atoms. The van der Waals surface area contributed by atoms with E-state index in [0.29, 0.717) is 15.6 Å². The van der Waals surface area contributed by atoms with E-state index >= 15 is 0 Å². The Kier molecular flexibility index (Phi) is 6.77. The number of sulfonamides is 1. The van der Waals surface area contributed by atoms with Crippen molar-refractivity contribution in [2.45, 2.75) is 11.8 Å². The summed E-state index contributed by atoms with van der Waals surface area (Å²) in [5.74, 6) is -0.579. The molecule has 6 nitrogen and oxygen atoms in total. The van der Waals surface area contributed by atoms with Crippen LogP contribution in [0.25, 0.3) is 0 Å². The highest BCUT2D eigenvalue weighted by Gasteiger charge is 2.22. The minimum atomic E-state index is -3.75. The molecule has 0 aliphatic heterocycles. The average molecular weight is 414 g/mol. The Labute approximate surface area is 162 Å². The van der Waals surface area contributed by atoms with E-state index in [4.69, 9.17) is 23.2 Å². The average Bonchev–Trinajstić information content (AvgIpc) is 2.57. The third-order valence-corrected chi connectivity index (χ3v) is 5.83. The van der Waals surface area contributed by atoms with Crippen molar-refractivity contribution >= 4 is 45.3 Å². The van der Waals surface area contributed by atoms with E-state index in [1.54, 1.807) is 30.3 Å². The van der Waals surface area contributed by atoms with Gasteiger partial charge in [0.2, 0.25) is 10.0 Å². The van der Waals surface area contributed by atoms with Crippen LogP contribution in [0.4, 0.5) is 0 Å². The smallest absolute Gasteiger partial charge is 0.255 e. The number of nitrogens with zero attached hydrogens (tertiary/aromatic N) is 2. The molecule has 0 aliphatic carbocycles. The van der Waals surface area contributed by atoms with Gasteiger partial charge in [0, 0.05) is 17.6 Å². The third kappa shape index (κ3) is 5.28. The second-order valence-corrected chi connectivity index (χ2v) is 8.42. The monoisotopic (exact) mass is 413 g/mol. The van der Waals surface area contributed by atoms with E-state index in [0.717, 1.165) is 9.87 Å². The number of hydrogen-bond donors (Lipinski definition) is 1. The van der Waals surface area contributed by atoms with Crippen LogP contribution in [0.2, 0.25) is 10.0 Å². The molecule has 2 aromatic carbocycles. The van der Waals surface area contributed by atoms with E-state index < -0.39 is 15.9 Å². The zero-order chi connectivity index (χ0) is 19.3. The summed E-state index contributed by atoms with van der Waals surface area (Å²) in [7, 11) is -2.43. The number of hydrogen-bond acceptors (Lipinski definition) is 4. The second kappa shape index (κ2) is 8.64. The van der Waals surface area contributed by atoms with Gasteiger partial charge in [-0.3, -0.25) is 4.79 Å². The number of amides is 1. The lowest BCUT2D eigenvalue weighted by molar-refractivity contribution is -0.121. The molecular formula is C17H17Cl2N3O3S. The number of aryl methyl sites for hydroxylation is 1. The summed E-state index contributed by atoms with van der Waals surface area (Å²) in [6.07, 6.45) is 1.35. The summed E-state index contributed by atoms with van der Waals surface area (Å²) in [5, 5.41) is 4.65. The van der Waals surface area contributed by atoms with Crippen LogP contribution in [-0.4, -0.2) is 38.4 Å². The van der Waals surface area contributed by atoms with Gasteiger partial charge in [0.25, 0.3) is 5.91 Å². The van der Waals surface area contributed by atoms with Gasteiger partial charge in [0.05, 0.1) is 22.7 Å². The van der Waals surface area contributed by atoms with Crippen molar-refractivity contribution in [1.29, 1.82) is 0 Å².